The summed E-state index contributed by atoms with van der Waals surface area (Å²) >= 11 is 0. The Morgan fingerprint density at radius 2 is 2.00 bits per heavy atom. The summed E-state index contributed by atoms with van der Waals surface area (Å²) in [5, 5.41) is 3.59. The SMILES string of the molecule is COCC=NOCCOCCON. The van der Waals surface area contributed by atoms with Crippen molar-refractivity contribution in [1.29, 1.82) is 0 Å². The fourth-order valence-corrected chi connectivity index (χ4v) is 0.516. The van der Waals surface area contributed by atoms with Gasteiger partial charge in [-0.15, -0.1) is 0 Å². The van der Waals surface area contributed by atoms with Crippen molar-refractivity contribution in [1.82, 2.24) is 0 Å². The lowest BCUT2D eigenvalue weighted by Gasteiger charge is -2.01. The van der Waals surface area contributed by atoms with Crippen LogP contribution < -0.4 is 5.90 Å². The van der Waals surface area contributed by atoms with E-state index in [1.54, 1.807) is 7.11 Å². The quantitative estimate of drug-likeness (QED) is 0.304. The third kappa shape index (κ3) is 11.3. The van der Waals surface area contributed by atoms with Crippen LogP contribution in [-0.2, 0) is 19.1 Å². The Morgan fingerprint density at radius 1 is 1.23 bits per heavy atom. The molecular weight excluding hydrogens is 176 g/mol. The lowest BCUT2D eigenvalue weighted by molar-refractivity contribution is 0.0155. The molecule has 0 spiro atoms. The molecule has 0 aliphatic carbocycles. The van der Waals surface area contributed by atoms with Gasteiger partial charge in [-0.25, -0.2) is 5.90 Å². The molecule has 0 unspecified atom stereocenters. The summed E-state index contributed by atoms with van der Waals surface area (Å²) in [6.07, 6.45) is 1.53. The van der Waals surface area contributed by atoms with Crippen LogP contribution in [0.5, 0.6) is 0 Å². The maximum Gasteiger partial charge on any atom is 0.140 e. The number of rotatable bonds is 9. The summed E-state index contributed by atoms with van der Waals surface area (Å²) in [4.78, 5) is 9.10. The zero-order valence-corrected chi connectivity index (χ0v) is 7.77. The molecule has 0 aromatic rings. The number of oxime groups is 1. The minimum atomic E-state index is 0.382. The molecule has 0 saturated heterocycles. The second kappa shape index (κ2) is 11.3. The van der Waals surface area contributed by atoms with E-state index in [0.717, 1.165) is 0 Å². The molecule has 0 saturated carbocycles. The molecule has 0 aromatic heterocycles. The van der Waals surface area contributed by atoms with Crippen LogP contribution in [0.15, 0.2) is 5.16 Å². The summed E-state index contributed by atoms with van der Waals surface area (Å²) in [7, 11) is 1.59. The van der Waals surface area contributed by atoms with Crippen molar-refractivity contribution in [3.63, 3.8) is 0 Å². The Hall–Kier alpha value is -0.690. The molecular formula is C7H16N2O4. The Bertz CT molecular complexity index is 121. The third-order valence-electron chi connectivity index (χ3n) is 1.05. The molecule has 6 nitrogen and oxygen atoms in total. The van der Waals surface area contributed by atoms with E-state index in [4.69, 9.17) is 20.2 Å². The average molecular weight is 192 g/mol. The van der Waals surface area contributed by atoms with Crippen molar-refractivity contribution in [3.8, 4) is 0 Å². The molecule has 0 aliphatic rings. The Kier molecular flexibility index (Phi) is 10.7. The minimum Gasteiger partial charge on any atom is -0.394 e. The number of ether oxygens (including phenoxy) is 2. The molecule has 6 heteroatoms. The van der Waals surface area contributed by atoms with Crippen LogP contribution in [0.3, 0.4) is 0 Å². The molecule has 0 fully saturated rings. The van der Waals surface area contributed by atoms with Gasteiger partial charge in [0, 0.05) is 7.11 Å². The van der Waals surface area contributed by atoms with Crippen molar-refractivity contribution in [2.75, 3.05) is 40.1 Å². The first-order valence-corrected chi connectivity index (χ1v) is 3.94. The van der Waals surface area contributed by atoms with Gasteiger partial charge in [-0.05, 0) is 0 Å². The van der Waals surface area contributed by atoms with Crippen LogP contribution in [0.1, 0.15) is 0 Å². The second-order valence-electron chi connectivity index (χ2n) is 2.06. The highest BCUT2D eigenvalue weighted by molar-refractivity contribution is 5.57. The summed E-state index contributed by atoms with van der Waals surface area (Å²) in [6, 6.07) is 0. The predicted octanol–water partition coefficient (Wildman–Crippen LogP) is -0.458. The third-order valence-corrected chi connectivity index (χ3v) is 1.05. The standard InChI is InChI=1S/C7H16N2O4/c1-10-3-2-9-13-7-5-11-4-6-12-8/h2H,3-8H2,1H3. The number of hydrogen-bond acceptors (Lipinski definition) is 6. The highest BCUT2D eigenvalue weighted by Crippen LogP contribution is 1.79. The first-order valence-electron chi connectivity index (χ1n) is 3.94. The second-order valence-corrected chi connectivity index (χ2v) is 2.06. The van der Waals surface area contributed by atoms with Gasteiger partial charge in [0.25, 0.3) is 0 Å². The molecule has 0 amide bonds. The van der Waals surface area contributed by atoms with Crippen molar-refractivity contribution in [2.24, 2.45) is 11.1 Å². The summed E-state index contributed by atoms with van der Waals surface area (Å²) in [5.74, 6) is 4.78. The fraction of sp³-hybridized carbons (Fsp3) is 0.857. The Morgan fingerprint density at radius 3 is 2.69 bits per heavy atom. The van der Waals surface area contributed by atoms with E-state index < -0.39 is 0 Å². The number of hydrogen-bond donors (Lipinski definition) is 1. The highest BCUT2D eigenvalue weighted by atomic mass is 16.6. The molecule has 0 atom stereocenters. The Balaban J connectivity index is 2.91. The minimum absolute atomic E-state index is 0.382. The van der Waals surface area contributed by atoms with E-state index in [1.807, 2.05) is 0 Å². The lowest BCUT2D eigenvalue weighted by atomic mass is 10.7. The van der Waals surface area contributed by atoms with E-state index in [2.05, 4.69) is 9.99 Å². The zero-order chi connectivity index (χ0) is 9.78. The molecule has 0 rings (SSSR count). The molecule has 0 radical (unpaired) electrons. The van der Waals surface area contributed by atoms with Gasteiger partial charge in [0.2, 0.25) is 0 Å². The van der Waals surface area contributed by atoms with Crippen LogP contribution in [0.2, 0.25) is 0 Å². The topological polar surface area (TPSA) is 75.3 Å². The number of methoxy groups -OCH3 is 1. The predicted molar refractivity (Wildman–Crippen MR) is 47.3 cm³/mol. The first kappa shape index (κ1) is 12.3. The summed E-state index contributed by atoms with van der Waals surface area (Å²) in [6.45, 7) is 2.16. The van der Waals surface area contributed by atoms with Crippen LogP contribution in [0.4, 0.5) is 0 Å². The maximum absolute atomic E-state index is 5.05. The van der Waals surface area contributed by atoms with Gasteiger partial charge in [0.15, 0.2) is 0 Å². The number of nitrogens with two attached hydrogens (primary N) is 1. The molecule has 78 valence electrons. The van der Waals surface area contributed by atoms with Gasteiger partial charge >= 0.3 is 0 Å². The number of nitrogens with zero attached hydrogens (tertiary/aromatic N) is 1. The van der Waals surface area contributed by atoms with Crippen molar-refractivity contribution >= 4 is 6.21 Å². The van der Waals surface area contributed by atoms with Gasteiger partial charge in [-0.1, -0.05) is 5.16 Å². The van der Waals surface area contributed by atoms with E-state index >= 15 is 0 Å². The van der Waals surface area contributed by atoms with Crippen LogP contribution in [-0.4, -0.2) is 46.4 Å². The Labute approximate surface area is 77.5 Å². The van der Waals surface area contributed by atoms with E-state index in [-0.39, 0.29) is 0 Å². The average Bonchev–Trinajstić information content (AvgIpc) is 2.16. The molecule has 0 heterocycles. The van der Waals surface area contributed by atoms with Crippen molar-refractivity contribution < 1.29 is 19.1 Å². The normalized spacial score (nSPS) is 10.9. The summed E-state index contributed by atoms with van der Waals surface area (Å²) < 4.78 is 9.76. The monoisotopic (exact) mass is 192 g/mol. The largest absolute Gasteiger partial charge is 0.394 e. The van der Waals surface area contributed by atoms with Crippen molar-refractivity contribution in [2.45, 2.75) is 0 Å². The van der Waals surface area contributed by atoms with Crippen LogP contribution in [0.25, 0.3) is 0 Å². The molecule has 13 heavy (non-hydrogen) atoms. The van der Waals surface area contributed by atoms with Gasteiger partial charge in [0.05, 0.1) is 32.6 Å². The molecule has 0 aromatic carbocycles. The fourth-order valence-electron chi connectivity index (χ4n) is 0.516. The summed E-state index contributed by atoms with van der Waals surface area (Å²) in [5.41, 5.74) is 0. The molecule has 0 aliphatic heterocycles. The van der Waals surface area contributed by atoms with Crippen molar-refractivity contribution in [3.05, 3.63) is 0 Å². The zero-order valence-electron chi connectivity index (χ0n) is 7.77. The molecule has 2 N–H and O–H groups in total. The van der Waals surface area contributed by atoms with E-state index in [1.165, 1.54) is 6.21 Å². The maximum atomic E-state index is 5.05. The van der Waals surface area contributed by atoms with E-state index in [9.17, 15) is 0 Å². The smallest absolute Gasteiger partial charge is 0.140 e. The van der Waals surface area contributed by atoms with E-state index in [0.29, 0.717) is 33.0 Å². The van der Waals surface area contributed by atoms with Crippen LogP contribution in [0, 0.1) is 0 Å². The van der Waals surface area contributed by atoms with Crippen LogP contribution >= 0.6 is 0 Å². The van der Waals surface area contributed by atoms with Gasteiger partial charge in [0.1, 0.15) is 6.61 Å². The first-order chi connectivity index (χ1) is 6.41. The van der Waals surface area contributed by atoms with Gasteiger partial charge in [-0.2, -0.15) is 0 Å². The molecule has 0 bridgehead atoms. The van der Waals surface area contributed by atoms with Gasteiger partial charge < -0.3 is 19.1 Å². The highest BCUT2D eigenvalue weighted by Gasteiger charge is 1.87. The van der Waals surface area contributed by atoms with Gasteiger partial charge in [-0.3, -0.25) is 0 Å². The lowest BCUT2D eigenvalue weighted by Crippen LogP contribution is -2.10.